The molecular formula is C16H19BrClNOS. The summed E-state index contributed by atoms with van der Waals surface area (Å²) in [5.74, 6) is 0.719. The van der Waals surface area contributed by atoms with Crippen LogP contribution in [-0.2, 0) is 13.2 Å². The molecular weight excluding hydrogens is 370 g/mol. The van der Waals surface area contributed by atoms with Crippen molar-refractivity contribution in [2.45, 2.75) is 33.4 Å². The molecule has 114 valence electrons. The number of benzene rings is 1. The van der Waals surface area contributed by atoms with E-state index in [9.17, 15) is 0 Å². The number of rotatable bonds is 7. The molecule has 0 spiro atoms. The number of halogens is 2. The van der Waals surface area contributed by atoms with Crippen LogP contribution >= 0.6 is 38.9 Å². The van der Waals surface area contributed by atoms with Crippen LogP contribution in [0.15, 0.2) is 28.7 Å². The van der Waals surface area contributed by atoms with Crippen LogP contribution in [0.2, 0.25) is 5.02 Å². The predicted octanol–water partition coefficient (Wildman–Crippen LogP) is 5.55. The lowest BCUT2D eigenvalue weighted by Crippen LogP contribution is -2.12. The molecule has 21 heavy (non-hydrogen) atoms. The van der Waals surface area contributed by atoms with Crippen molar-refractivity contribution >= 4 is 38.9 Å². The Labute approximate surface area is 143 Å². The smallest absolute Gasteiger partial charge is 0.138 e. The third-order valence-electron chi connectivity index (χ3n) is 3.07. The Morgan fingerprint density at radius 3 is 2.86 bits per heavy atom. The number of nitrogens with one attached hydrogen (secondary N) is 1. The average Bonchev–Trinajstić information content (AvgIpc) is 2.79. The summed E-state index contributed by atoms with van der Waals surface area (Å²) in [6.45, 7) is 6.84. The molecule has 0 radical (unpaired) electrons. The Morgan fingerprint density at radius 2 is 2.14 bits per heavy atom. The van der Waals surface area contributed by atoms with Crippen LogP contribution in [0.4, 0.5) is 0 Å². The predicted molar refractivity (Wildman–Crippen MR) is 94.5 cm³/mol. The van der Waals surface area contributed by atoms with Crippen LogP contribution in [0.1, 0.15) is 28.7 Å². The zero-order chi connectivity index (χ0) is 15.2. The Balaban J connectivity index is 1.96. The number of thiophene rings is 1. The molecule has 2 rings (SSSR count). The highest BCUT2D eigenvalue weighted by atomic mass is 79.9. The molecule has 1 N–H and O–H groups in total. The van der Waals surface area contributed by atoms with E-state index in [0.29, 0.717) is 11.6 Å². The van der Waals surface area contributed by atoms with Gasteiger partial charge in [0.05, 0.1) is 5.02 Å². The molecule has 0 fully saturated rings. The van der Waals surface area contributed by atoms with Gasteiger partial charge in [-0.2, -0.15) is 0 Å². The normalized spacial score (nSPS) is 10.9. The van der Waals surface area contributed by atoms with Gasteiger partial charge in [0, 0.05) is 26.3 Å². The van der Waals surface area contributed by atoms with Crippen molar-refractivity contribution < 1.29 is 4.74 Å². The summed E-state index contributed by atoms with van der Waals surface area (Å²) < 4.78 is 6.79. The maximum absolute atomic E-state index is 6.16. The third kappa shape index (κ3) is 4.99. The molecule has 0 atom stereocenters. The highest BCUT2D eigenvalue weighted by Crippen LogP contribution is 2.29. The molecule has 1 aromatic carbocycles. The fraction of sp³-hybridized carbons (Fsp3) is 0.375. The van der Waals surface area contributed by atoms with E-state index in [2.05, 4.69) is 41.2 Å². The minimum absolute atomic E-state index is 0.553. The maximum atomic E-state index is 6.16. The molecule has 5 heteroatoms. The lowest BCUT2D eigenvalue weighted by molar-refractivity contribution is 0.306. The van der Waals surface area contributed by atoms with Gasteiger partial charge in [0.1, 0.15) is 12.4 Å². The molecule has 0 saturated carbocycles. The Bertz CT molecular complexity index is 600. The average molecular weight is 389 g/mol. The van der Waals surface area contributed by atoms with Gasteiger partial charge in [0.15, 0.2) is 0 Å². The second-order valence-corrected chi connectivity index (χ2v) is 7.50. The first-order chi connectivity index (χ1) is 10.1. The lowest BCUT2D eigenvalue weighted by Gasteiger charge is -2.08. The molecule has 0 aliphatic rings. The molecule has 0 bridgehead atoms. The maximum Gasteiger partial charge on any atom is 0.138 e. The second-order valence-electron chi connectivity index (χ2n) is 4.83. The fourth-order valence-electron chi connectivity index (χ4n) is 1.95. The molecule has 0 saturated heterocycles. The molecule has 0 amide bonds. The summed E-state index contributed by atoms with van der Waals surface area (Å²) >= 11 is 11.4. The van der Waals surface area contributed by atoms with Gasteiger partial charge in [-0.05, 0) is 44.2 Å². The van der Waals surface area contributed by atoms with Crippen LogP contribution in [0.25, 0.3) is 0 Å². The Kier molecular flexibility index (Phi) is 6.55. The van der Waals surface area contributed by atoms with Gasteiger partial charge in [-0.15, -0.1) is 11.3 Å². The van der Waals surface area contributed by atoms with E-state index in [1.807, 2.05) is 29.5 Å². The van der Waals surface area contributed by atoms with Crippen molar-refractivity contribution in [3.63, 3.8) is 0 Å². The van der Waals surface area contributed by atoms with E-state index in [-0.39, 0.29) is 0 Å². The third-order valence-corrected chi connectivity index (χ3v) is 4.96. The van der Waals surface area contributed by atoms with Gasteiger partial charge in [-0.25, -0.2) is 0 Å². The van der Waals surface area contributed by atoms with Gasteiger partial charge >= 0.3 is 0 Å². The standard InChI is InChI=1S/C16H19BrClNOS/c1-3-6-19-9-14-7-12(11(2)21-14)10-20-16-5-4-13(17)8-15(16)18/h4-5,7-8,19H,3,6,9-10H2,1-2H3. The molecule has 1 heterocycles. The van der Waals surface area contributed by atoms with E-state index in [0.717, 1.165) is 29.7 Å². The zero-order valence-corrected chi connectivity index (χ0v) is 15.4. The number of ether oxygens (including phenoxy) is 1. The summed E-state index contributed by atoms with van der Waals surface area (Å²) in [7, 11) is 0. The van der Waals surface area contributed by atoms with Crippen molar-refractivity contribution in [1.29, 1.82) is 0 Å². The van der Waals surface area contributed by atoms with E-state index in [4.69, 9.17) is 16.3 Å². The van der Waals surface area contributed by atoms with Crippen molar-refractivity contribution in [3.05, 3.63) is 49.1 Å². The second kappa shape index (κ2) is 8.18. The summed E-state index contributed by atoms with van der Waals surface area (Å²) in [5, 5.41) is 4.05. The lowest BCUT2D eigenvalue weighted by atomic mass is 10.2. The summed E-state index contributed by atoms with van der Waals surface area (Å²) in [6, 6.07) is 7.88. The monoisotopic (exact) mass is 387 g/mol. The number of hydrogen-bond donors (Lipinski definition) is 1. The fourth-order valence-corrected chi connectivity index (χ4v) is 3.70. The van der Waals surface area contributed by atoms with E-state index in [1.54, 1.807) is 0 Å². The van der Waals surface area contributed by atoms with Crippen LogP contribution in [0, 0.1) is 6.92 Å². The summed E-state index contributed by atoms with van der Waals surface area (Å²) in [6.07, 6.45) is 1.16. The molecule has 0 unspecified atom stereocenters. The van der Waals surface area contributed by atoms with E-state index >= 15 is 0 Å². The first-order valence-corrected chi connectivity index (χ1v) is 8.95. The van der Waals surface area contributed by atoms with Gasteiger partial charge in [0.2, 0.25) is 0 Å². The molecule has 2 nitrogen and oxygen atoms in total. The van der Waals surface area contributed by atoms with Crippen LogP contribution in [0.5, 0.6) is 5.75 Å². The Hall–Kier alpha value is -0.550. The van der Waals surface area contributed by atoms with Gasteiger partial charge in [-0.1, -0.05) is 34.5 Å². The topological polar surface area (TPSA) is 21.3 Å². The van der Waals surface area contributed by atoms with Crippen LogP contribution in [-0.4, -0.2) is 6.54 Å². The summed E-state index contributed by atoms with van der Waals surface area (Å²) in [5.41, 5.74) is 1.23. The molecule has 2 aromatic rings. The number of hydrogen-bond acceptors (Lipinski definition) is 3. The van der Waals surface area contributed by atoms with Gasteiger partial charge in [-0.3, -0.25) is 0 Å². The number of aryl methyl sites for hydroxylation is 1. The zero-order valence-electron chi connectivity index (χ0n) is 12.2. The largest absolute Gasteiger partial charge is 0.487 e. The minimum atomic E-state index is 0.553. The SMILES string of the molecule is CCCNCc1cc(COc2ccc(Br)cc2Cl)c(C)s1. The summed E-state index contributed by atoms with van der Waals surface area (Å²) in [4.78, 5) is 2.65. The molecule has 0 aliphatic carbocycles. The van der Waals surface area contributed by atoms with Crippen molar-refractivity contribution in [2.24, 2.45) is 0 Å². The minimum Gasteiger partial charge on any atom is -0.487 e. The Morgan fingerprint density at radius 1 is 1.33 bits per heavy atom. The quantitative estimate of drug-likeness (QED) is 0.628. The molecule has 1 aromatic heterocycles. The van der Waals surface area contributed by atoms with Crippen LogP contribution < -0.4 is 10.1 Å². The van der Waals surface area contributed by atoms with E-state index < -0.39 is 0 Å². The highest BCUT2D eigenvalue weighted by molar-refractivity contribution is 9.10. The van der Waals surface area contributed by atoms with Crippen molar-refractivity contribution in [3.8, 4) is 5.75 Å². The first-order valence-electron chi connectivity index (χ1n) is 6.97. The van der Waals surface area contributed by atoms with Gasteiger partial charge < -0.3 is 10.1 Å². The van der Waals surface area contributed by atoms with Gasteiger partial charge in [0.25, 0.3) is 0 Å². The van der Waals surface area contributed by atoms with Crippen molar-refractivity contribution in [2.75, 3.05) is 6.54 Å². The van der Waals surface area contributed by atoms with Crippen LogP contribution in [0.3, 0.4) is 0 Å². The first kappa shape index (κ1) is 16.8. The molecule has 0 aliphatic heterocycles. The van der Waals surface area contributed by atoms with E-state index in [1.165, 1.54) is 15.3 Å². The highest BCUT2D eigenvalue weighted by Gasteiger charge is 2.08. The van der Waals surface area contributed by atoms with Crippen molar-refractivity contribution in [1.82, 2.24) is 5.32 Å².